The first-order valence-electron chi connectivity index (χ1n) is 3.87. The molecule has 2 heteroatoms. The molecule has 0 spiro atoms. The molecule has 0 aliphatic heterocycles. The van der Waals surface area contributed by atoms with Crippen molar-refractivity contribution in [3.63, 3.8) is 0 Å². The van der Waals surface area contributed by atoms with Crippen LogP contribution in [0.1, 0.15) is 12.8 Å². The summed E-state index contributed by atoms with van der Waals surface area (Å²) in [7, 11) is -0.224. The van der Waals surface area contributed by atoms with E-state index in [1.807, 2.05) is 18.2 Å². The highest BCUT2D eigenvalue weighted by Crippen LogP contribution is 2.30. The fourth-order valence-corrected chi connectivity index (χ4v) is 2.51. The number of rotatable bonds is 2. The monoisotopic (exact) mass is 165 g/mol. The van der Waals surface area contributed by atoms with Gasteiger partial charge < -0.3 is 0 Å². The van der Waals surface area contributed by atoms with E-state index in [1.165, 1.54) is 17.7 Å². The predicted molar refractivity (Wildman–Crippen MR) is 47.8 cm³/mol. The minimum atomic E-state index is -0.224. The lowest BCUT2D eigenvalue weighted by molar-refractivity contribution is 1.36. The highest BCUT2D eigenvalue weighted by atomic mass is 32.2. The summed E-state index contributed by atoms with van der Waals surface area (Å²) in [6.45, 7) is 0. The Morgan fingerprint density at radius 3 is 2.36 bits per heavy atom. The van der Waals surface area contributed by atoms with E-state index in [9.17, 15) is 0 Å². The molecule has 1 atom stereocenters. The van der Waals surface area contributed by atoms with Crippen LogP contribution in [-0.2, 0) is 10.7 Å². The third-order valence-electron chi connectivity index (χ3n) is 1.85. The Labute approximate surface area is 69.3 Å². The minimum Gasteiger partial charge on any atom is -0.275 e. The molecular formula is C9H11NS. The lowest BCUT2D eigenvalue weighted by Gasteiger charge is -2.01. The normalized spacial score (nSPS) is 19.6. The maximum Gasteiger partial charge on any atom is 0.0198 e. The maximum atomic E-state index is 7.86. The van der Waals surface area contributed by atoms with Crippen molar-refractivity contribution in [1.82, 2.24) is 0 Å². The van der Waals surface area contributed by atoms with E-state index < -0.39 is 0 Å². The molecule has 1 fully saturated rings. The standard InChI is InChI=1S/C9H11NS/c10-11(9-6-7-9)8-4-2-1-3-5-8/h1-5,9-10H,6-7H2. The second-order valence-corrected chi connectivity index (χ2v) is 4.66. The first-order chi connectivity index (χ1) is 5.38. The molecule has 2 rings (SSSR count). The fourth-order valence-electron chi connectivity index (χ4n) is 1.06. The lowest BCUT2D eigenvalue weighted by atomic mass is 10.4. The Morgan fingerprint density at radius 2 is 1.82 bits per heavy atom. The zero-order valence-corrected chi connectivity index (χ0v) is 7.10. The van der Waals surface area contributed by atoms with Crippen molar-refractivity contribution in [2.24, 2.45) is 0 Å². The number of hydrogen-bond acceptors (Lipinski definition) is 1. The molecule has 1 nitrogen and oxygen atoms in total. The molecule has 0 saturated heterocycles. The van der Waals surface area contributed by atoms with Gasteiger partial charge in [0.05, 0.1) is 0 Å². The molecule has 58 valence electrons. The second-order valence-electron chi connectivity index (χ2n) is 2.85. The molecule has 1 aromatic carbocycles. The number of nitrogens with one attached hydrogen (secondary N) is 1. The van der Waals surface area contributed by atoms with Gasteiger partial charge in [0.25, 0.3) is 0 Å². The van der Waals surface area contributed by atoms with E-state index in [2.05, 4.69) is 12.1 Å². The van der Waals surface area contributed by atoms with E-state index >= 15 is 0 Å². The Balaban J connectivity index is 2.22. The van der Waals surface area contributed by atoms with Crippen molar-refractivity contribution in [2.75, 3.05) is 0 Å². The molecule has 0 bridgehead atoms. The third-order valence-corrected chi connectivity index (χ3v) is 3.77. The third kappa shape index (κ3) is 1.51. The van der Waals surface area contributed by atoms with Gasteiger partial charge in [-0.15, -0.1) is 0 Å². The fraction of sp³-hybridized carbons (Fsp3) is 0.333. The van der Waals surface area contributed by atoms with Gasteiger partial charge in [0.15, 0.2) is 0 Å². The van der Waals surface area contributed by atoms with Crippen LogP contribution in [0.25, 0.3) is 0 Å². The number of hydrogen-bond donors (Lipinski definition) is 1. The van der Waals surface area contributed by atoms with Crippen LogP contribution in [0.15, 0.2) is 35.2 Å². The SMILES string of the molecule is N=S(c1ccccc1)C1CC1. The van der Waals surface area contributed by atoms with E-state index in [1.54, 1.807) is 0 Å². The highest BCUT2D eigenvalue weighted by molar-refractivity contribution is 7.87. The average molecular weight is 165 g/mol. The molecule has 0 aromatic heterocycles. The van der Waals surface area contributed by atoms with Crippen LogP contribution >= 0.6 is 0 Å². The molecule has 0 heterocycles. The van der Waals surface area contributed by atoms with E-state index in [4.69, 9.17) is 4.78 Å². The summed E-state index contributed by atoms with van der Waals surface area (Å²) in [5.74, 6) is 0. The summed E-state index contributed by atoms with van der Waals surface area (Å²) in [5, 5.41) is 0.678. The molecule has 1 aromatic rings. The summed E-state index contributed by atoms with van der Waals surface area (Å²) in [6, 6.07) is 10.2. The van der Waals surface area contributed by atoms with Gasteiger partial charge in [0, 0.05) is 10.1 Å². The molecule has 1 unspecified atom stereocenters. The Bertz CT molecular complexity index is 264. The minimum absolute atomic E-state index is 0.224. The second kappa shape index (κ2) is 2.78. The summed E-state index contributed by atoms with van der Waals surface area (Å²) in [6.07, 6.45) is 2.53. The van der Waals surface area contributed by atoms with Gasteiger partial charge in [-0.3, -0.25) is 4.78 Å². The molecule has 1 saturated carbocycles. The van der Waals surface area contributed by atoms with E-state index in [0.29, 0.717) is 5.25 Å². The maximum absolute atomic E-state index is 7.86. The Morgan fingerprint density at radius 1 is 1.18 bits per heavy atom. The largest absolute Gasteiger partial charge is 0.275 e. The van der Waals surface area contributed by atoms with Crippen molar-refractivity contribution in [3.8, 4) is 0 Å². The van der Waals surface area contributed by atoms with E-state index in [0.717, 1.165) is 0 Å². The topological polar surface area (TPSA) is 23.9 Å². The first kappa shape index (κ1) is 7.04. The Hall–Kier alpha value is -0.630. The summed E-state index contributed by atoms with van der Waals surface area (Å²) >= 11 is 0. The lowest BCUT2D eigenvalue weighted by Crippen LogP contribution is -1.94. The van der Waals surface area contributed by atoms with Crippen molar-refractivity contribution in [1.29, 1.82) is 4.78 Å². The van der Waals surface area contributed by atoms with Crippen LogP contribution in [0, 0.1) is 4.78 Å². The average Bonchev–Trinajstić information content (AvgIpc) is 2.87. The van der Waals surface area contributed by atoms with Gasteiger partial charge >= 0.3 is 0 Å². The summed E-state index contributed by atoms with van der Waals surface area (Å²) in [4.78, 5) is 1.20. The van der Waals surface area contributed by atoms with Gasteiger partial charge in [-0.05, 0) is 25.0 Å². The van der Waals surface area contributed by atoms with Gasteiger partial charge in [-0.2, -0.15) is 0 Å². The Kier molecular flexibility index (Phi) is 1.78. The van der Waals surface area contributed by atoms with Gasteiger partial charge in [0.1, 0.15) is 0 Å². The molecule has 11 heavy (non-hydrogen) atoms. The molecule has 1 aliphatic carbocycles. The van der Waals surface area contributed by atoms with Crippen LogP contribution in [0.2, 0.25) is 0 Å². The van der Waals surface area contributed by atoms with E-state index in [-0.39, 0.29) is 10.7 Å². The smallest absolute Gasteiger partial charge is 0.0198 e. The quantitative estimate of drug-likeness (QED) is 0.696. The van der Waals surface area contributed by atoms with Gasteiger partial charge in [-0.1, -0.05) is 28.9 Å². The molecule has 1 aliphatic rings. The van der Waals surface area contributed by atoms with Gasteiger partial charge in [0.2, 0.25) is 0 Å². The van der Waals surface area contributed by atoms with Crippen LogP contribution < -0.4 is 0 Å². The van der Waals surface area contributed by atoms with Crippen molar-refractivity contribution < 1.29 is 0 Å². The molecule has 0 radical (unpaired) electrons. The van der Waals surface area contributed by atoms with Gasteiger partial charge in [-0.25, -0.2) is 0 Å². The summed E-state index contributed by atoms with van der Waals surface area (Å²) < 4.78 is 7.86. The molecule has 0 amide bonds. The van der Waals surface area contributed by atoms with Crippen LogP contribution in [-0.4, -0.2) is 5.25 Å². The van der Waals surface area contributed by atoms with Crippen molar-refractivity contribution in [2.45, 2.75) is 23.0 Å². The molecular weight excluding hydrogens is 154 g/mol. The zero-order valence-electron chi connectivity index (χ0n) is 6.29. The molecule has 1 N–H and O–H groups in total. The first-order valence-corrected chi connectivity index (χ1v) is 5.16. The van der Waals surface area contributed by atoms with Crippen LogP contribution in [0.5, 0.6) is 0 Å². The van der Waals surface area contributed by atoms with Crippen molar-refractivity contribution >= 4 is 10.7 Å². The predicted octanol–water partition coefficient (Wildman–Crippen LogP) is 2.59. The van der Waals surface area contributed by atoms with Crippen LogP contribution in [0.3, 0.4) is 0 Å². The zero-order chi connectivity index (χ0) is 7.68. The van der Waals surface area contributed by atoms with Crippen LogP contribution in [0.4, 0.5) is 0 Å². The van der Waals surface area contributed by atoms with Crippen molar-refractivity contribution in [3.05, 3.63) is 30.3 Å². The highest BCUT2D eigenvalue weighted by Gasteiger charge is 2.25. The number of benzene rings is 1. The summed E-state index contributed by atoms with van der Waals surface area (Å²) in [5.41, 5.74) is 0.